The van der Waals surface area contributed by atoms with Crippen LogP contribution in [0.4, 0.5) is 14.6 Å². The number of rotatable bonds is 7. The van der Waals surface area contributed by atoms with Crippen molar-refractivity contribution in [2.45, 2.75) is 13.2 Å². The van der Waals surface area contributed by atoms with Gasteiger partial charge in [-0.05, 0) is 30.3 Å². The Morgan fingerprint density at radius 2 is 2.00 bits per heavy atom. The molecule has 134 valence electrons. The summed E-state index contributed by atoms with van der Waals surface area (Å²) in [5, 5.41) is 3.26. The molecule has 0 aliphatic carbocycles. The first-order chi connectivity index (χ1) is 11.8. The monoisotopic (exact) mass is 390 g/mol. The molecule has 1 aromatic heterocycles. The van der Waals surface area contributed by atoms with E-state index in [1.165, 1.54) is 24.4 Å². The summed E-state index contributed by atoms with van der Waals surface area (Å²) in [5.74, 6) is 0.0850. The number of hydrogen-bond donors (Lipinski definition) is 2. The summed E-state index contributed by atoms with van der Waals surface area (Å²) in [5.41, 5.74) is 0.884. The Labute approximate surface area is 153 Å². The second kappa shape index (κ2) is 8.94. The van der Waals surface area contributed by atoms with E-state index in [0.717, 1.165) is 10.5 Å². The smallest absolute Gasteiger partial charge is 0.387 e. The number of nitrogens with one attached hydrogen (secondary N) is 2. The molecule has 2 rings (SSSR count). The molecule has 9 heteroatoms. The van der Waals surface area contributed by atoms with Gasteiger partial charge < -0.3 is 15.0 Å². The number of quaternary nitrogens is 1. The third kappa shape index (κ3) is 6.45. The molecule has 1 unspecified atom stereocenters. The molecule has 0 fully saturated rings. The number of benzene rings is 1. The normalized spacial score (nSPS) is 12.1. The van der Waals surface area contributed by atoms with Crippen molar-refractivity contribution >= 4 is 34.9 Å². The average molecular weight is 391 g/mol. The molecule has 0 aliphatic rings. The van der Waals surface area contributed by atoms with Gasteiger partial charge in [0.1, 0.15) is 12.3 Å². The van der Waals surface area contributed by atoms with Crippen LogP contribution in [0.5, 0.6) is 5.75 Å². The van der Waals surface area contributed by atoms with Crippen LogP contribution < -0.4 is 15.0 Å². The number of carbonyl (C=O) groups excluding carboxylic acids is 1. The number of ether oxygens (including phenoxy) is 1. The molecule has 1 aromatic carbocycles. The van der Waals surface area contributed by atoms with E-state index in [4.69, 9.17) is 23.2 Å². The maximum Gasteiger partial charge on any atom is 0.387 e. The Morgan fingerprint density at radius 3 is 2.60 bits per heavy atom. The first kappa shape index (κ1) is 19.4. The zero-order chi connectivity index (χ0) is 18.4. The Hall–Kier alpha value is -1.96. The van der Waals surface area contributed by atoms with E-state index in [1.807, 2.05) is 7.05 Å². The number of pyridine rings is 1. The van der Waals surface area contributed by atoms with Gasteiger partial charge in [0.05, 0.1) is 17.1 Å². The van der Waals surface area contributed by atoms with Gasteiger partial charge in [-0.1, -0.05) is 23.2 Å². The zero-order valence-electron chi connectivity index (χ0n) is 13.2. The van der Waals surface area contributed by atoms with Gasteiger partial charge in [0, 0.05) is 11.8 Å². The van der Waals surface area contributed by atoms with Crippen molar-refractivity contribution in [3.63, 3.8) is 0 Å². The van der Waals surface area contributed by atoms with Crippen molar-refractivity contribution in [1.82, 2.24) is 4.98 Å². The van der Waals surface area contributed by atoms with Crippen molar-refractivity contribution in [2.75, 3.05) is 18.9 Å². The Balaban J connectivity index is 1.86. The number of likely N-dealkylation sites (N-methyl/N-ethyl adjacent to an activating group) is 1. The van der Waals surface area contributed by atoms with Gasteiger partial charge in [0.15, 0.2) is 12.4 Å². The van der Waals surface area contributed by atoms with Crippen molar-refractivity contribution in [3.05, 3.63) is 52.1 Å². The highest BCUT2D eigenvalue weighted by atomic mass is 35.5. The lowest BCUT2D eigenvalue weighted by molar-refractivity contribution is -0.885. The fourth-order valence-electron chi connectivity index (χ4n) is 2.16. The number of amides is 1. The number of nitrogens with zero attached hydrogens (tertiary/aromatic N) is 1. The topological polar surface area (TPSA) is 55.7 Å². The lowest BCUT2D eigenvalue weighted by Crippen LogP contribution is -3.08. The van der Waals surface area contributed by atoms with E-state index in [2.05, 4.69) is 15.0 Å². The highest BCUT2D eigenvalue weighted by Gasteiger charge is 2.13. The predicted octanol–water partition coefficient (Wildman–Crippen LogP) is 2.64. The van der Waals surface area contributed by atoms with Gasteiger partial charge in [-0.25, -0.2) is 4.98 Å². The van der Waals surface area contributed by atoms with Crippen LogP contribution in [0.15, 0.2) is 36.5 Å². The highest BCUT2D eigenvalue weighted by molar-refractivity contribution is 6.36. The third-order valence-corrected chi connectivity index (χ3v) is 3.68. The molecule has 0 bridgehead atoms. The van der Waals surface area contributed by atoms with Gasteiger partial charge in [0.2, 0.25) is 0 Å². The Bertz CT molecular complexity index is 730. The molecule has 25 heavy (non-hydrogen) atoms. The standard InChI is InChI=1S/C16H15Cl2F2N3O2/c1-23(8-10-2-4-12(5-3-10)25-16(19)20)9-14(24)22-15-13(18)6-11(17)7-21-15/h2-7,16H,8-9H2,1H3,(H,21,22,24)/p+1. The minimum absolute atomic E-state index is 0.0950. The van der Waals surface area contributed by atoms with E-state index in [9.17, 15) is 13.6 Å². The SMILES string of the molecule is C[NH+](CC(=O)Nc1ncc(Cl)cc1Cl)Cc1ccc(OC(F)F)cc1. The Kier molecular flexibility index (Phi) is 6.92. The fraction of sp³-hybridized carbons (Fsp3) is 0.250. The zero-order valence-corrected chi connectivity index (χ0v) is 14.7. The van der Waals surface area contributed by atoms with E-state index in [1.54, 1.807) is 12.1 Å². The molecule has 0 saturated heterocycles. The summed E-state index contributed by atoms with van der Waals surface area (Å²) >= 11 is 11.7. The van der Waals surface area contributed by atoms with Crippen molar-refractivity contribution in [3.8, 4) is 5.75 Å². The van der Waals surface area contributed by atoms with Crippen LogP contribution in [0, 0.1) is 0 Å². The molecule has 0 saturated carbocycles. The first-order valence-corrected chi connectivity index (χ1v) is 8.05. The molecule has 1 amide bonds. The summed E-state index contributed by atoms with van der Waals surface area (Å²) in [6.45, 7) is -2.14. The molecule has 2 aromatic rings. The van der Waals surface area contributed by atoms with Gasteiger partial charge >= 0.3 is 6.61 Å². The van der Waals surface area contributed by atoms with E-state index in [-0.39, 0.29) is 29.0 Å². The molecular weight excluding hydrogens is 375 g/mol. The van der Waals surface area contributed by atoms with E-state index in [0.29, 0.717) is 11.6 Å². The molecule has 5 nitrogen and oxygen atoms in total. The van der Waals surface area contributed by atoms with E-state index < -0.39 is 6.61 Å². The van der Waals surface area contributed by atoms with Crippen LogP contribution in [-0.2, 0) is 11.3 Å². The van der Waals surface area contributed by atoms with Crippen molar-refractivity contribution in [1.29, 1.82) is 0 Å². The van der Waals surface area contributed by atoms with E-state index >= 15 is 0 Å². The second-order valence-electron chi connectivity index (χ2n) is 5.37. The van der Waals surface area contributed by atoms with Crippen LogP contribution in [-0.4, -0.2) is 31.1 Å². The lowest BCUT2D eigenvalue weighted by atomic mass is 10.2. The summed E-state index contributed by atoms with van der Waals surface area (Å²) in [6, 6.07) is 7.78. The summed E-state index contributed by atoms with van der Waals surface area (Å²) in [6.07, 6.45) is 1.39. The van der Waals surface area contributed by atoms with Crippen LogP contribution >= 0.6 is 23.2 Å². The molecule has 0 spiro atoms. The Morgan fingerprint density at radius 1 is 1.32 bits per heavy atom. The average Bonchev–Trinajstić information content (AvgIpc) is 2.51. The second-order valence-corrected chi connectivity index (χ2v) is 6.21. The number of halogens is 4. The largest absolute Gasteiger partial charge is 0.435 e. The van der Waals surface area contributed by atoms with Crippen LogP contribution in [0.2, 0.25) is 10.0 Å². The molecule has 2 N–H and O–H groups in total. The first-order valence-electron chi connectivity index (χ1n) is 7.29. The van der Waals surface area contributed by atoms with Gasteiger partial charge in [-0.2, -0.15) is 8.78 Å². The van der Waals surface area contributed by atoms with Crippen LogP contribution in [0.3, 0.4) is 0 Å². The highest BCUT2D eigenvalue weighted by Crippen LogP contribution is 2.22. The summed E-state index contributed by atoms with van der Waals surface area (Å²) in [4.78, 5) is 16.9. The number of carbonyl (C=O) groups is 1. The van der Waals surface area contributed by atoms with Crippen molar-refractivity contribution in [2.24, 2.45) is 0 Å². The van der Waals surface area contributed by atoms with Gasteiger partial charge in [-0.15, -0.1) is 0 Å². The molecular formula is C16H16Cl2F2N3O2+. The van der Waals surface area contributed by atoms with Gasteiger partial charge in [0.25, 0.3) is 5.91 Å². The maximum absolute atomic E-state index is 12.1. The number of aromatic nitrogens is 1. The summed E-state index contributed by atoms with van der Waals surface area (Å²) in [7, 11) is 1.83. The predicted molar refractivity (Wildman–Crippen MR) is 91.4 cm³/mol. The maximum atomic E-state index is 12.1. The van der Waals surface area contributed by atoms with Crippen molar-refractivity contribution < 1.29 is 23.2 Å². The van der Waals surface area contributed by atoms with Gasteiger partial charge in [-0.3, -0.25) is 4.79 Å². The third-order valence-electron chi connectivity index (χ3n) is 3.18. The minimum Gasteiger partial charge on any atom is -0.435 e. The molecule has 1 atom stereocenters. The fourth-order valence-corrected chi connectivity index (χ4v) is 2.58. The number of hydrogen-bond acceptors (Lipinski definition) is 3. The minimum atomic E-state index is -2.85. The van der Waals surface area contributed by atoms with Crippen LogP contribution in [0.1, 0.15) is 5.56 Å². The lowest BCUT2D eigenvalue weighted by Gasteiger charge is -2.14. The number of alkyl halides is 2. The molecule has 0 aliphatic heterocycles. The quantitative estimate of drug-likeness (QED) is 0.763. The molecule has 0 radical (unpaired) electrons. The number of anilines is 1. The molecule has 1 heterocycles. The van der Waals surface area contributed by atoms with Crippen LogP contribution in [0.25, 0.3) is 0 Å². The summed E-state index contributed by atoms with van der Waals surface area (Å²) < 4.78 is 28.5.